The van der Waals surface area contributed by atoms with Crippen molar-refractivity contribution in [2.75, 3.05) is 0 Å². The molecule has 6 nitrogen and oxygen atoms in total. The number of hydrogen-bond donors (Lipinski definition) is 2. The van der Waals surface area contributed by atoms with Crippen LogP contribution in [0, 0.1) is 25.2 Å². The third-order valence-electron chi connectivity index (χ3n) is 3.23. The SMILES string of the molecule is [CH2]C(CCC(C)CC(C)(C)CC([CH2])OC(N)=O)OC(N)=O. The fraction of sp³-hybridized carbons (Fsp3) is 0.733. The van der Waals surface area contributed by atoms with Gasteiger partial charge in [-0.3, -0.25) is 0 Å². The molecule has 0 aliphatic heterocycles. The second kappa shape index (κ2) is 8.74. The summed E-state index contributed by atoms with van der Waals surface area (Å²) in [6.45, 7) is 13.8. The number of primary amides is 2. The number of hydrogen-bond acceptors (Lipinski definition) is 4. The van der Waals surface area contributed by atoms with E-state index in [1.807, 2.05) is 0 Å². The number of carbonyl (C=O) groups excluding carboxylic acids is 2. The van der Waals surface area contributed by atoms with Crippen molar-refractivity contribution in [3.8, 4) is 0 Å². The van der Waals surface area contributed by atoms with Crippen molar-refractivity contribution in [3.63, 3.8) is 0 Å². The maximum absolute atomic E-state index is 10.7. The van der Waals surface area contributed by atoms with E-state index in [2.05, 4.69) is 34.6 Å². The summed E-state index contributed by atoms with van der Waals surface area (Å²) in [5, 5.41) is 0. The minimum Gasteiger partial charge on any atom is -0.446 e. The molecule has 0 saturated heterocycles. The highest BCUT2D eigenvalue weighted by atomic mass is 16.6. The molecule has 2 radical (unpaired) electrons. The van der Waals surface area contributed by atoms with Crippen LogP contribution in [0.1, 0.15) is 46.5 Å². The number of rotatable bonds is 9. The number of amides is 2. The molecule has 0 spiro atoms. The van der Waals surface area contributed by atoms with Crippen molar-refractivity contribution in [2.45, 2.75) is 58.7 Å². The highest BCUT2D eigenvalue weighted by Crippen LogP contribution is 2.33. The summed E-state index contributed by atoms with van der Waals surface area (Å²) in [6.07, 6.45) is 0.593. The van der Waals surface area contributed by atoms with Crippen molar-refractivity contribution < 1.29 is 19.1 Å². The van der Waals surface area contributed by atoms with Gasteiger partial charge in [0.05, 0.1) is 0 Å². The van der Waals surface area contributed by atoms with E-state index in [9.17, 15) is 9.59 Å². The Kier molecular flexibility index (Phi) is 8.14. The zero-order valence-electron chi connectivity index (χ0n) is 13.3. The molecule has 3 atom stereocenters. The minimum absolute atomic E-state index is 0.0392. The van der Waals surface area contributed by atoms with E-state index in [0.29, 0.717) is 18.8 Å². The van der Waals surface area contributed by atoms with Crippen LogP contribution >= 0.6 is 0 Å². The molecule has 0 aromatic heterocycles. The minimum atomic E-state index is -0.803. The third kappa shape index (κ3) is 10.9. The van der Waals surface area contributed by atoms with Crippen LogP contribution in [0.2, 0.25) is 0 Å². The van der Waals surface area contributed by atoms with Gasteiger partial charge >= 0.3 is 12.2 Å². The summed E-state index contributed by atoms with van der Waals surface area (Å²) < 4.78 is 9.64. The second-order valence-electron chi connectivity index (χ2n) is 6.37. The molecule has 2 amide bonds. The smallest absolute Gasteiger partial charge is 0.404 e. The molecule has 0 aliphatic carbocycles. The first-order valence-corrected chi connectivity index (χ1v) is 7.10. The molecule has 122 valence electrons. The molecule has 3 unspecified atom stereocenters. The van der Waals surface area contributed by atoms with E-state index in [1.165, 1.54) is 0 Å². The number of nitrogens with two attached hydrogens (primary N) is 2. The topological polar surface area (TPSA) is 105 Å². The Bertz CT molecular complexity index is 345. The van der Waals surface area contributed by atoms with Crippen LogP contribution in [0.25, 0.3) is 0 Å². The maximum Gasteiger partial charge on any atom is 0.404 e. The molecule has 0 aliphatic rings. The largest absolute Gasteiger partial charge is 0.446 e. The number of ether oxygens (including phenoxy) is 2. The van der Waals surface area contributed by atoms with Gasteiger partial charge in [0.1, 0.15) is 12.2 Å². The highest BCUT2D eigenvalue weighted by molar-refractivity contribution is 5.65. The first-order chi connectivity index (χ1) is 9.51. The van der Waals surface area contributed by atoms with Gasteiger partial charge in [-0.05, 0) is 50.9 Å². The van der Waals surface area contributed by atoms with E-state index in [1.54, 1.807) is 0 Å². The average molecular weight is 300 g/mol. The first-order valence-electron chi connectivity index (χ1n) is 7.10. The Hall–Kier alpha value is -1.46. The Morgan fingerprint density at radius 1 is 1.00 bits per heavy atom. The van der Waals surface area contributed by atoms with Crippen LogP contribution in [0.3, 0.4) is 0 Å². The maximum atomic E-state index is 10.7. The summed E-state index contributed by atoms with van der Waals surface area (Å²) >= 11 is 0. The summed E-state index contributed by atoms with van der Waals surface area (Å²) in [5.74, 6) is 0.404. The van der Waals surface area contributed by atoms with Crippen LogP contribution in [0.5, 0.6) is 0 Å². The van der Waals surface area contributed by atoms with Crippen molar-refractivity contribution in [1.29, 1.82) is 0 Å². The Balaban J connectivity index is 4.13. The molecule has 0 fully saturated rings. The van der Waals surface area contributed by atoms with Crippen LogP contribution in [0.4, 0.5) is 9.59 Å². The summed E-state index contributed by atoms with van der Waals surface area (Å²) in [4.78, 5) is 21.3. The predicted molar refractivity (Wildman–Crippen MR) is 81.0 cm³/mol. The van der Waals surface area contributed by atoms with Crippen molar-refractivity contribution in [3.05, 3.63) is 13.8 Å². The molecule has 0 rings (SSSR count). The summed E-state index contributed by atoms with van der Waals surface area (Å²) in [6, 6.07) is 0. The van der Waals surface area contributed by atoms with Crippen molar-refractivity contribution >= 4 is 12.2 Å². The quantitative estimate of drug-likeness (QED) is 0.683. The highest BCUT2D eigenvalue weighted by Gasteiger charge is 2.25. The van der Waals surface area contributed by atoms with Crippen LogP contribution in [-0.2, 0) is 9.47 Å². The lowest BCUT2D eigenvalue weighted by atomic mass is 9.78. The van der Waals surface area contributed by atoms with Gasteiger partial charge in [0.2, 0.25) is 0 Å². The van der Waals surface area contributed by atoms with Gasteiger partial charge in [0.15, 0.2) is 0 Å². The van der Waals surface area contributed by atoms with Gasteiger partial charge in [-0.1, -0.05) is 20.8 Å². The van der Waals surface area contributed by atoms with Gasteiger partial charge < -0.3 is 20.9 Å². The average Bonchev–Trinajstić information content (AvgIpc) is 2.22. The molecule has 6 heteroatoms. The lowest BCUT2D eigenvalue weighted by Gasteiger charge is -2.30. The van der Waals surface area contributed by atoms with E-state index in [0.717, 1.165) is 12.8 Å². The summed E-state index contributed by atoms with van der Waals surface area (Å²) in [5.41, 5.74) is 9.87. The third-order valence-corrected chi connectivity index (χ3v) is 3.23. The zero-order valence-corrected chi connectivity index (χ0v) is 13.3. The van der Waals surface area contributed by atoms with Crippen molar-refractivity contribution in [1.82, 2.24) is 0 Å². The van der Waals surface area contributed by atoms with Gasteiger partial charge in [-0.15, -0.1) is 0 Å². The molecule has 21 heavy (non-hydrogen) atoms. The Labute approximate surface area is 127 Å². The van der Waals surface area contributed by atoms with Crippen LogP contribution in [0.15, 0.2) is 0 Å². The van der Waals surface area contributed by atoms with Gasteiger partial charge in [0.25, 0.3) is 0 Å². The van der Waals surface area contributed by atoms with E-state index >= 15 is 0 Å². The van der Waals surface area contributed by atoms with E-state index in [4.69, 9.17) is 20.9 Å². The lowest BCUT2D eigenvalue weighted by molar-refractivity contribution is 0.0889. The van der Waals surface area contributed by atoms with Gasteiger partial charge in [0, 0.05) is 0 Å². The van der Waals surface area contributed by atoms with Crippen LogP contribution < -0.4 is 11.5 Å². The Morgan fingerprint density at radius 3 is 1.95 bits per heavy atom. The normalized spacial score (nSPS) is 15.9. The molecular formula is C15H28N2O4. The van der Waals surface area contributed by atoms with Gasteiger partial charge in [-0.25, -0.2) is 9.59 Å². The lowest BCUT2D eigenvalue weighted by Crippen LogP contribution is -2.27. The standard InChI is InChI=1S/C15H28N2O4/c1-10(6-7-11(2)20-13(16)18)8-15(4,5)9-12(3)21-14(17)19/h10-12H,2-3,6-9H2,1,4-5H3,(H2,16,18)(H2,17,19). The molecule has 0 heterocycles. The zero-order chi connectivity index (χ0) is 16.6. The van der Waals surface area contributed by atoms with Crippen molar-refractivity contribution in [2.24, 2.45) is 22.8 Å². The van der Waals surface area contributed by atoms with E-state index < -0.39 is 24.4 Å². The predicted octanol–water partition coefficient (Wildman–Crippen LogP) is 2.81. The summed E-state index contributed by atoms with van der Waals surface area (Å²) in [7, 11) is 0. The molecule has 0 aromatic carbocycles. The van der Waals surface area contributed by atoms with E-state index in [-0.39, 0.29) is 5.41 Å². The number of carbonyl (C=O) groups is 2. The molecular weight excluding hydrogens is 272 g/mol. The molecule has 4 N–H and O–H groups in total. The van der Waals surface area contributed by atoms with Crippen LogP contribution in [-0.4, -0.2) is 24.4 Å². The fourth-order valence-corrected chi connectivity index (χ4v) is 2.64. The molecule has 0 bridgehead atoms. The fourth-order valence-electron chi connectivity index (χ4n) is 2.64. The Morgan fingerprint density at radius 2 is 1.48 bits per heavy atom. The first kappa shape index (κ1) is 19.5. The van der Waals surface area contributed by atoms with Gasteiger partial charge in [-0.2, -0.15) is 0 Å². The second-order valence-corrected chi connectivity index (χ2v) is 6.37. The monoisotopic (exact) mass is 300 g/mol. The molecule has 0 saturated carbocycles. The molecule has 0 aromatic rings.